The Morgan fingerprint density at radius 2 is 1.79 bits per heavy atom. The van der Waals surface area contributed by atoms with Crippen molar-refractivity contribution in [2.24, 2.45) is 11.5 Å². The molecule has 1 aromatic rings. The van der Waals surface area contributed by atoms with E-state index in [2.05, 4.69) is 59.4 Å². The van der Waals surface area contributed by atoms with E-state index < -0.39 is 11.1 Å². The Labute approximate surface area is 233 Å². The number of nitrogens with one attached hydrogen (secondary N) is 1. The van der Waals surface area contributed by atoms with Crippen LogP contribution in [0.1, 0.15) is 149 Å². The first-order chi connectivity index (χ1) is 18.2. The molecule has 0 aromatic carbocycles. The third-order valence-corrected chi connectivity index (χ3v) is 8.60. The Balaban J connectivity index is 1.80. The van der Waals surface area contributed by atoms with Crippen molar-refractivity contribution in [2.75, 3.05) is 0 Å². The molecule has 7 heteroatoms. The quantitative estimate of drug-likeness (QED) is 0.114. The number of nitrogens with two attached hydrogens (primary N) is 2. The number of hydrogen-bond acceptors (Lipinski definition) is 5. The maximum absolute atomic E-state index is 12.9. The lowest BCUT2D eigenvalue weighted by Crippen LogP contribution is -2.66. The number of aromatic nitrogens is 3. The summed E-state index contributed by atoms with van der Waals surface area (Å²) in [5.74, 6) is 0.00905. The third-order valence-electron chi connectivity index (χ3n) is 8.60. The summed E-state index contributed by atoms with van der Waals surface area (Å²) in [6.45, 7) is 8.58. The van der Waals surface area contributed by atoms with Crippen LogP contribution in [0.3, 0.4) is 0 Å². The Hall–Kier alpha value is -1.73. The van der Waals surface area contributed by atoms with E-state index in [0.29, 0.717) is 25.3 Å². The number of nitrogens with zero attached hydrogens (tertiary/aromatic N) is 3. The van der Waals surface area contributed by atoms with Crippen LogP contribution in [0.15, 0.2) is 18.3 Å². The van der Waals surface area contributed by atoms with Crippen molar-refractivity contribution >= 4 is 5.91 Å². The molecule has 2 rings (SSSR count). The number of amides is 1. The summed E-state index contributed by atoms with van der Waals surface area (Å²) in [4.78, 5) is 12.9. The Bertz CT molecular complexity index is 819. The van der Waals surface area contributed by atoms with Crippen LogP contribution in [0, 0.1) is 0 Å². The molecular weight excluding hydrogens is 472 g/mol. The Morgan fingerprint density at radius 1 is 1.11 bits per heavy atom. The summed E-state index contributed by atoms with van der Waals surface area (Å²) in [6, 6.07) is 0.455. The molecule has 1 aliphatic carbocycles. The van der Waals surface area contributed by atoms with Gasteiger partial charge in [-0.1, -0.05) is 76.2 Å². The second-order valence-corrected chi connectivity index (χ2v) is 12.2. The molecule has 1 fully saturated rings. The molecule has 0 aliphatic heterocycles. The van der Waals surface area contributed by atoms with E-state index in [1.807, 2.05) is 6.92 Å². The van der Waals surface area contributed by atoms with Crippen LogP contribution >= 0.6 is 0 Å². The minimum absolute atomic E-state index is 0.00905. The molecule has 4 unspecified atom stereocenters. The van der Waals surface area contributed by atoms with Crippen molar-refractivity contribution in [1.29, 1.82) is 0 Å². The summed E-state index contributed by atoms with van der Waals surface area (Å²) in [6.07, 6.45) is 26.0. The highest BCUT2D eigenvalue weighted by Gasteiger charge is 2.45. The fourth-order valence-electron chi connectivity index (χ4n) is 5.69. The van der Waals surface area contributed by atoms with Gasteiger partial charge in [-0.05, 0) is 71.6 Å². The molecule has 0 spiro atoms. The van der Waals surface area contributed by atoms with Gasteiger partial charge in [-0.25, -0.2) is 4.68 Å². The summed E-state index contributed by atoms with van der Waals surface area (Å²) >= 11 is 0. The number of aryl methyl sites for hydroxylation is 1. The summed E-state index contributed by atoms with van der Waals surface area (Å²) < 4.78 is 2.05. The van der Waals surface area contributed by atoms with E-state index in [1.165, 1.54) is 64.2 Å². The van der Waals surface area contributed by atoms with Gasteiger partial charge in [0.25, 0.3) is 0 Å². The Morgan fingerprint density at radius 3 is 2.50 bits per heavy atom. The second-order valence-electron chi connectivity index (χ2n) is 12.2. The SMILES string of the molecule is CCCCC/C=C\CCCCCC(CCCC)n1cc(CCC(=O)NC2(C)CC(N)CCCC2(C)N)nn1. The van der Waals surface area contributed by atoms with Crippen LogP contribution < -0.4 is 16.8 Å². The standard InChI is InChI=1S/C31H58N6O/c1-5-7-9-10-11-12-13-14-15-16-20-28(19-8-6-2)37-25-27(35-36-37)21-22-29(38)34-31(4)24-26(32)18-17-23-30(31,3)33/h11-12,25-26,28H,5-10,13-24,32-33H2,1-4H3,(H,34,38)/b12-11-. The smallest absolute Gasteiger partial charge is 0.220 e. The van der Waals surface area contributed by atoms with Gasteiger partial charge in [-0.3, -0.25) is 4.79 Å². The van der Waals surface area contributed by atoms with E-state index in [-0.39, 0.29) is 11.9 Å². The van der Waals surface area contributed by atoms with E-state index in [4.69, 9.17) is 11.5 Å². The topological polar surface area (TPSA) is 112 Å². The summed E-state index contributed by atoms with van der Waals surface area (Å²) in [5, 5.41) is 12.1. The lowest BCUT2D eigenvalue weighted by Gasteiger charge is -2.44. The first kappa shape index (κ1) is 32.5. The fourth-order valence-corrected chi connectivity index (χ4v) is 5.69. The molecule has 0 radical (unpaired) electrons. The molecule has 7 nitrogen and oxygen atoms in total. The van der Waals surface area contributed by atoms with Crippen molar-refractivity contribution in [3.05, 3.63) is 24.0 Å². The average Bonchev–Trinajstić information content (AvgIpc) is 3.30. The molecule has 1 aliphatic rings. The van der Waals surface area contributed by atoms with Gasteiger partial charge in [0, 0.05) is 30.6 Å². The minimum atomic E-state index is -0.506. The largest absolute Gasteiger partial charge is 0.349 e. The number of rotatable bonds is 18. The van der Waals surface area contributed by atoms with E-state index in [9.17, 15) is 4.79 Å². The zero-order valence-corrected chi connectivity index (χ0v) is 25.0. The van der Waals surface area contributed by atoms with Crippen LogP contribution in [0.2, 0.25) is 0 Å². The van der Waals surface area contributed by atoms with E-state index in [0.717, 1.165) is 37.8 Å². The molecule has 0 bridgehead atoms. The van der Waals surface area contributed by atoms with Crippen LogP contribution in [-0.4, -0.2) is 38.0 Å². The Kier molecular flexibility index (Phi) is 14.6. The average molecular weight is 531 g/mol. The molecular formula is C31H58N6O. The molecule has 4 atom stereocenters. The molecule has 0 saturated heterocycles. The number of carbonyl (C=O) groups excluding carboxylic acids is 1. The van der Waals surface area contributed by atoms with Gasteiger partial charge in [0.15, 0.2) is 0 Å². The number of carbonyl (C=O) groups is 1. The van der Waals surface area contributed by atoms with Gasteiger partial charge in [-0.2, -0.15) is 0 Å². The van der Waals surface area contributed by atoms with Gasteiger partial charge in [0.2, 0.25) is 5.91 Å². The lowest BCUT2D eigenvalue weighted by atomic mass is 9.75. The molecule has 1 amide bonds. The predicted molar refractivity (Wildman–Crippen MR) is 159 cm³/mol. The maximum atomic E-state index is 12.9. The first-order valence-corrected chi connectivity index (χ1v) is 15.6. The van der Waals surface area contributed by atoms with E-state index in [1.54, 1.807) is 0 Å². The molecule has 38 heavy (non-hydrogen) atoms. The van der Waals surface area contributed by atoms with Gasteiger partial charge in [0.1, 0.15) is 0 Å². The lowest BCUT2D eigenvalue weighted by molar-refractivity contribution is -0.123. The van der Waals surface area contributed by atoms with Crippen molar-refractivity contribution in [2.45, 2.75) is 166 Å². The third kappa shape index (κ3) is 11.2. The summed E-state index contributed by atoms with van der Waals surface area (Å²) in [5.41, 5.74) is 12.8. The molecule has 1 aromatic heterocycles. The molecule has 1 heterocycles. The van der Waals surface area contributed by atoms with Gasteiger partial charge in [-0.15, -0.1) is 5.10 Å². The van der Waals surface area contributed by atoms with Crippen molar-refractivity contribution in [1.82, 2.24) is 20.3 Å². The zero-order valence-electron chi connectivity index (χ0n) is 25.0. The normalized spacial score (nSPS) is 24.9. The molecule has 218 valence electrons. The van der Waals surface area contributed by atoms with Gasteiger partial charge < -0.3 is 16.8 Å². The summed E-state index contributed by atoms with van der Waals surface area (Å²) in [7, 11) is 0. The molecule has 5 N–H and O–H groups in total. The highest BCUT2D eigenvalue weighted by molar-refractivity contribution is 5.77. The predicted octanol–water partition coefficient (Wildman–Crippen LogP) is 6.52. The minimum Gasteiger partial charge on any atom is -0.349 e. The monoisotopic (exact) mass is 530 g/mol. The fraction of sp³-hybridized carbons (Fsp3) is 0.839. The number of allylic oxidation sites excluding steroid dienone is 2. The van der Waals surface area contributed by atoms with Gasteiger partial charge in [0.05, 0.1) is 17.3 Å². The van der Waals surface area contributed by atoms with Crippen molar-refractivity contribution < 1.29 is 4.79 Å². The second kappa shape index (κ2) is 17.1. The van der Waals surface area contributed by atoms with Crippen LogP contribution in [0.25, 0.3) is 0 Å². The number of hydrogen-bond donors (Lipinski definition) is 3. The van der Waals surface area contributed by atoms with E-state index >= 15 is 0 Å². The maximum Gasteiger partial charge on any atom is 0.220 e. The zero-order chi connectivity index (χ0) is 27.9. The van der Waals surface area contributed by atoms with Crippen molar-refractivity contribution in [3.8, 4) is 0 Å². The highest BCUT2D eigenvalue weighted by atomic mass is 16.1. The highest BCUT2D eigenvalue weighted by Crippen LogP contribution is 2.33. The van der Waals surface area contributed by atoms with Crippen LogP contribution in [0.4, 0.5) is 0 Å². The van der Waals surface area contributed by atoms with Crippen molar-refractivity contribution in [3.63, 3.8) is 0 Å². The first-order valence-electron chi connectivity index (χ1n) is 15.6. The van der Waals surface area contributed by atoms with Crippen LogP contribution in [0.5, 0.6) is 0 Å². The molecule has 1 saturated carbocycles. The number of unbranched alkanes of at least 4 members (excludes halogenated alkanes) is 7. The van der Waals surface area contributed by atoms with Crippen LogP contribution in [-0.2, 0) is 11.2 Å². The van der Waals surface area contributed by atoms with Gasteiger partial charge >= 0.3 is 0 Å².